The van der Waals surface area contributed by atoms with E-state index in [2.05, 4.69) is 9.72 Å². The van der Waals surface area contributed by atoms with Gasteiger partial charge < -0.3 is 9.84 Å². The van der Waals surface area contributed by atoms with E-state index in [0.717, 1.165) is 6.07 Å². The van der Waals surface area contributed by atoms with Crippen molar-refractivity contribution in [2.45, 2.75) is 19.5 Å². The lowest BCUT2D eigenvalue weighted by Crippen LogP contribution is -2.20. The van der Waals surface area contributed by atoms with Crippen molar-refractivity contribution in [3.63, 3.8) is 0 Å². The number of halogens is 5. The van der Waals surface area contributed by atoms with Crippen molar-refractivity contribution in [3.8, 4) is 5.75 Å². The van der Waals surface area contributed by atoms with Crippen LogP contribution in [0.2, 0.25) is 0 Å². The first kappa shape index (κ1) is 14.9. The van der Waals surface area contributed by atoms with E-state index in [1.165, 1.54) is 22.6 Å². The molecule has 0 radical (unpaired) electrons. The number of hydrogen-bond acceptors (Lipinski definition) is 3. The number of rotatable bonds is 4. The molecule has 0 aliphatic heterocycles. The summed E-state index contributed by atoms with van der Waals surface area (Å²) in [5.41, 5.74) is -0.607. The highest BCUT2D eigenvalue weighted by Gasteiger charge is 2.34. The minimum Gasteiger partial charge on any atom is -0.481 e. The van der Waals surface area contributed by atoms with Crippen molar-refractivity contribution in [3.05, 3.63) is 21.0 Å². The van der Waals surface area contributed by atoms with Gasteiger partial charge in [-0.1, -0.05) is 0 Å². The van der Waals surface area contributed by atoms with E-state index < -0.39 is 36.9 Å². The van der Waals surface area contributed by atoms with Crippen LogP contribution in [0.25, 0.3) is 0 Å². The third-order valence-corrected chi connectivity index (χ3v) is 2.53. The van der Waals surface area contributed by atoms with Crippen LogP contribution in [0.4, 0.5) is 17.6 Å². The lowest BCUT2D eigenvalue weighted by atomic mass is 10.2. The van der Waals surface area contributed by atoms with Crippen LogP contribution in [-0.2, 0) is 17.9 Å². The molecule has 9 heteroatoms. The molecule has 0 unspecified atom stereocenters. The van der Waals surface area contributed by atoms with Gasteiger partial charge in [0.2, 0.25) is 0 Å². The lowest BCUT2D eigenvalue weighted by Gasteiger charge is -2.14. The highest BCUT2D eigenvalue weighted by molar-refractivity contribution is 14.1. The first-order valence-electron chi connectivity index (χ1n) is 4.44. The van der Waals surface area contributed by atoms with E-state index in [9.17, 15) is 22.4 Å². The fourth-order valence-electron chi connectivity index (χ4n) is 1.16. The quantitative estimate of drug-likeness (QED) is 0.646. The Labute approximate surface area is 112 Å². The Bertz CT molecular complexity index is 464. The summed E-state index contributed by atoms with van der Waals surface area (Å²) in [5.74, 6) is -2.09. The maximum absolute atomic E-state index is 12.4. The summed E-state index contributed by atoms with van der Waals surface area (Å²) in [5, 5.41) is 8.57. The monoisotopic (exact) mass is 379 g/mol. The maximum atomic E-state index is 12.4. The Morgan fingerprint density at radius 2 is 2.11 bits per heavy atom. The molecule has 0 saturated heterocycles. The molecule has 1 aromatic heterocycles. The standard InChI is InChI=1S/C9H6F4INO3/c10-3-4-1-5(14)8(18-9(11,12)13)6(15-4)2-7(16)17/h1H,2-3H2,(H,16,17). The molecule has 1 heterocycles. The van der Waals surface area contributed by atoms with Crippen LogP contribution in [-0.4, -0.2) is 22.4 Å². The normalized spacial score (nSPS) is 11.4. The van der Waals surface area contributed by atoms with Gasteiger partial charge in [0.1, 0.15) is 6.67 Å². The van der Waals surface area contributed by atoms with Crippen molar-refractivity contribution in [1.29, 1.82) is 0 Å². The number of hydrogen-bond donors (Lipinski definition) is 1. The van der Waals surface area contributed by atoms with Crippen molar-refractivity contribution in [2.75, 3.05) is 0 Å². The number of ether oxygens (including phenoxy) is 1. The highest BCUT2D eigenvalue weighted by atomic mass is 127. The summed E-state index contributed by atoms with van der Waals surface area (Å²) in [6.07, 6.45) is -5.75. The van der Waals surface area contributed by atoms with Gasteiger partial charge in [-0.05, 0) is 28.7 Å². The summed E-state index contributed by atoms with van der Waals surface area (Å²) >= 11 is 1.50. The molecular weight excluding hydrogens is 373 g/mol. The Kier molecular flexibility index (Phi) is 4.71. The van der Waals surface area contributed by atoms with Gasteiger partial charge in [0.15, 0.2) is 5.75 Å². The molecule has 0 aliphatic rings. The van der Waals surface area contributed by atoms with Crippen molar-refractivity contribution < 1.29 is 32.2 Å². The molecule has 100 valence electrons. The Hall–Kier alpha value is -1.13. The zero-order valence-electron chi connectivity index (χ0n) is 8.59. The van der Waals surface area contributed by atoms with Gasteiger partial charge in [-0.3, -0.25) is 9.78 Å². The largest absolute Gasteiger partial charge is 0.573 e. The summed E-state index contributed by atoms with van der Waals surface area (Å²) in [6.45, 7) is -1.01. The number of alkyl halides is 4. The first-order chi connectivity index (χ1) is 8.23. The van der Waals surface area contributed by atoms with Crippen LogP contribution in [0.1, 0.15) is 11.4 Å². The van der Waals surface area contributed by atoms with Gasteiger partial charge in [-0.25, -0.2) is 4.39 Å². The van der Waals surface area contributed by atoms with Crippen molar-refractivity contribution in [2.24, 2.45) is 0 Å². The first-order valence-corrected chi connectivity index (χ1v) is 5.52. The van der Waals surface area contributed by atoms with Gasteiger partial charge in [0, 0.05) is 0 Å². The molecule has 18 heavy (non-hydrogen) atoms. The summed E-state index contributed by atoms with van der Waals surface area (Å²) in [4.78, 5) is 14.0. The topological polar surface area (TPSA) is 59.4 Å². The Morgan fingerprint density at radius 1 is 1.50 bits per heavy atom. The van der Waals surface area contributed by atoms with Crippen LogP contribution >= 0.6 is 22.6 Å². The molecular formula is C9H6F4INO3. The number of carboxylic acid groups (broad SMARTS) is 1. The number of aliphatic carboxylic acids is 1. The molecule has 0 atom stereocenters. The fraction of sp³-hybridized carbons (Fsp3) is 0.333. The second-order valence-electron chi connectivity index (χ2n) is 3.12. The smallest absolute Gasteiger partial charge is 0.481 e. The average Bonchev–Trinajstić information content (AvgIpc) is 2.20. The van der Waals surface area contributed by atoms with Crippen LogP contribution < -0.4 is 4.74 Å². The van der Waals surface area contributed by atoms with E-state index in [4.69, 9.17) is 5.11 Å². The van der Waals surface area contributed by atoms with E-state index in [-0.39, 0.29) is 9.26 Å². The number of pyridine rings is 1. The zero-order valence-corrected chi connectivity index (χ0v) is 10.7. The van der Waals surface area contributed by atoms with Crippen molar-refractivity contribution in [1.82, 2.24) is 4.98 Å². The zero-order chi connectivity index (χ0) is 13.9. The molecule has 0 aliphatic carbocycles. The Balaban J connectivity index is 3.24. The number of nitrogens with zero attached hydrogens (tertiary/aromatic N) is 1. The van der Waals surface area contributed by atoms with Crippen LogP contribution in [0.15, 0.2) is 6.07 Å². The SMILES string of the molecule is O=C(O)Cc1nc(CF)cc(I)c1OC(F)(F)F. The maximum Gasteiger partial charge on any atom is 0.573 e. The minimum atomic E-state index is -4.97. The second kappa shape index (κ2) is 5.67. The van der Waals surface area contributed by atoms with Gasteiger partial charge in [-0.2, -0.15) is 0 Å². The number of carbonyl (C=O) groups is 1. The molecule has 1 aromatic rings. The van der Waals surface area contributed by atoms with Gasteiger partial charge in [0.05, 0.1) is 21.4 Å². The average molecular weight is 379 g/mol. The van der Waals surface area contributed by atoms with Crippen LogP contribution in [0, 0.1) is 3.57 Å². The Morgan fingerprint density at radius 3 is 2.56 bits per heavy atom. The summed E-state index contributed by atoms with van der Waals surface area (Å²) in [6, 6.07) is 1.06. The minimum absolute atomic E-state index is 0.0520. The van der Waals surface area contributed by atoms with Crippen LogP contribution in [0.3, 0.4) is 0 Å². The molecule has 1 rings (SSSR count). The van der Waals surface area contributed by atoms with Crippen molar-refractivity contribution >= 4 is 28.6 Å². The number of aromatic nitrogens is 1. The lowest BCUT2D eigenvalue weighted by molar-refractivity contribution is -0.275. The van der Waals surface area contributed by atoms with E-state index in [1.54, 1.807) is 0 Å². The van der Waals surface area contributed by atoms with Gasteiger partial charge >= 0.3 is 12.3 Å². The third kappa shape index (κ3) is 4.27. The molecule has 4 nitrogen and oxygen atoms in total. The van der Waals surface area contributed by atoms with Crippen LogP contribution in [0.5, 0.6) is 5.75 Å². The number of carboxylic acids is 1. The van der Waals surface area contributed by atoms with E-state index in [1.807, 2.05) is 0 Å². The molecule has 0 amide bonds. The molecule has 0 bridgehead atoms. The second-order valence-corrected chi connectivity index (χ2v) is 4.29. The van der Waals surface area contributed by atoms with Gasteiger partial charge in [0.25, 0.3) is 0 Å². The van der Waals surface area contributed by atoms with Gasteiger partial charge in [-0.15, -0.1) is 13.2 Å². The molecule has 0 saturated carbocycles. The van der Waals surface area contributed by atoms with E-state index >= 15 is 0 Å². The summed E-state index contributed by atoms with van der Waals surface area (Å²) in [7, 11) is 0. The fourth-order valence-corrected chi connectivity index (χ4v) is 1.94. The highest BCUT2D eigenvalue weighted by Crippen LogP contribution is 2.31. The predicted molar refractivity (Wildman–Crippen MR) is 59.8 cm³/mol. The molecule has 0 aromatic carbocycles. The molecule has 1 N–H and O–H groups in total. The predicted octanol–water partition coefficient (Wildman–Crippen LogP) is 2.68. The van der Waals surface area contributed by atoms with E-state index in [0.29, 0.717) is 0 Å². The molecule has 0 fully saturated rings. The molecule has 0 spiro atoms. The summed E-state index contributed by atoms with van der Waals surface area (Å²) < 4.78 is 52.5. The third-order valence-electron chi connectivity index (χ3n) is 1.72.